The van der Waals surface area contributed by atoms with E-state index in [2.05, 4.69) is 57.4 Å². The van der Waals surface area contributed by atoms with Crippen molar-refractivity contribution in [1.82, 2.24) is 9.78 Å². The highest BCUT2D eigenvalue weighted by Gasteiger charge is 2.21. The van der Waals surface area contributed by atoms with Crippen LogP contribution >= 0.6 is 15.9 Å². The van der Waals surface area contributed by atoms with Crippen LogP contribution in [0.2, 0.25) is 0 Å². The van der Waals surface area contributed by atoms with E-state index in [1.165, 1.54) is 10.7 Å². The van der Waals surface area contributed by atoms with Gasteiger partial charge in [0.1, 0.15) is 11.4 Å². The van der Waals surface area contributed by atoms with E-state index in [0.29, 0.717) is 17.8 Å². The zero-order valence-corrected chi connectivity index (χ0v) is 16.7. The predicted octanol–water partition coefficient (Wildman–Crippen LogP) is 4.25. The highest BCUT2D eigenvalue weighted by atomic mass is 79.9. The quantitative estimate of drug-likeness (QED) is 0.377. The lowest BCUT2D eigenvalue weighted by atomic mass is 9.84. The highest BCUT2D eigenvalue weighted by molar-refractivity contribution is 9.10. The fourth-order valence-corrected chi connectivity index (χ4v) is 3.39. The van der Waals surface area contributed by atoms with E-state index in [1.807, 2.05) is 24.3 Å². The molecule has 1 aromatic heterocycles. The van der Waals surface area contributed by atoms with Crippen molar-refractivity contribution < 1.29 is 5.21 Å². The fraction of sp³-hybridized carbons (Fsp3) is 0.190. The van der Waals surface area contributed by atoms with Gasteiger partial charge in [-0.25, -0.2) is 4.68 Å². The number of nitrogens with zero attached hydrogens (tertiary/aromatic N) is 3. The van der Waals surface area contributed by atoms with Gasteiger partial charge in [-0.05, 0) is 41.8 Å². The van der Waals surface area contributed by atoms with Gasteiger partial charge >= 0.3 is 0 Å². The lowest BCUT2D eigenvalue weighted by molar-refractivity contribution is 0.317. The summed E-state index contributed by atoms with van der Waals surface area (Å²) in [6.07, 6.45) is 0.453. The molecule has 5 nitrogen and oxygen atoms in total. The molecule has 1 atom stereocenters. The Morgan fingerprint density at radius 3 is 2.48 bits per heavy atom. The second kappa shape index (κ2) is 8.31. The Labute approximate surface area is 166 Å². The Hall–Kier alpha value is -2.73. The van der Waals surface area contributed by atoms with E-state index in [4.69, 9.17) is 0 Å². The van der Waals surface area contributed by atoms with Crippen LogP contribution in [0.1, 0.15) is 34.7 Å². The van der Waals surface area contributed by atoms with Crippen LogP contribution in [0.5, 0.6) is 0 Å². The monoisotopic (exact) mass is 425 g/mol. The Bertz CT molecular complexity index is 1030. The summed E-state index contributed by atoms with van der Waals surface area (Å²) >= 11 is 3.48. The molecular formula is C21H20BrN3O2. The van der Waals surface area contributed by atoms with E-state index in [9.17, 15) is 10.0 Å². The minimum Gasteiger partial charge on any atom is -0.411 e. The van der Waals surface area contributed by atoms with Crippen LogP contribution in [0.25, 0.3) is 0 Å². The standard InChI is InChI=1S/C21H20BrN3O2/c1-14-5-3-4-6-17(14)18(15-7-9-16(22)10-8-15)13-20(24-27)19-11-12-21(26)25(2)23-19/h3-12,18,27H,13H2,1-2H3/b24-20-. The number of benzene rings is 2. The van der Waals surface area contributed by atoms with Gasteiger partial charge in [0.2, 0.25) is 0 Å². The van der Waals surface area contributed by atoms with Gasteiger partial charge in [-0.2, -0.15) is 5.10 Å². The van der Waals surface area contributed by atoms with Crippen molar-refractivity contribution in [3.63, 3.8) is 0 Å². The second-order valence-corrected chi connectivity index (χ2v) is 7.31. The van der Waals surface area contributed by atoms with Crippen molar-refractivity contribution >= 4 is 21.6 Å². The molecule has 1 N–H and O–H groups in total. The van der Waals surface area contributed by atoms with E-state index in [-0.39, 0.29) is 11.5 Å². The van der Waals surface area contributed by atoms with Gasteiger partial charge in [0, 0.05) is 29.9 Å². The fourth-order valence-electron chi connectivity index (χ4n) is 3.13. The maximum atomic E-state index is 11.6. The lowest BCUT2D eigenvalue weighted by Gasteiger charge is -2.20. The van der Waals surface area contributed by atoms with Gasteiger partial charge in [0.25, 0.3) is 5.56 Å². The molecule has 6 heteroatoms. The van der Waals surface area contributed by atoms with E-state index < -0.39 is 0 Å². The van der Waals surface area contributed by atoms with Gasteiger partial charge in [-0.15, -0.1) is 0 Å². The number of aromatic nitrogens is 2. The maximum absolute atomic E-state index is 11.6. The molecule has 138 valence electrons. The van der Waals surface area contributed by atoms with Gasteiger partial charge in [-0.3, -0.25) is 4.79 Å². The van der Waals surface area contributed by atoms with Crippen molar-refractivity contribution in [2.45, 2.75) is 19.3 Å². The first-order valence-electron chi connectivity index (χ1n) is 8.56. The predicted molar refractivity (Wildman–Crippen MR) is 110 cm³/mol. The van der Waals surface area contributed by atoms with Crippen LogP contribution in [0.3, 0.4) is 0 Å². The third-order valence-corrected chi connectivity index (χ3v) is 5.14. The molecule has 0 amide bonds. The molecule has 0 bridgehead atoms. The molecule has 2 aromatic carbocycles. The SMILES string of the molecule is Cc1ccccc1C(C/C(=N/O)c1ccc(=O)n(C)n1)c1ccc(Br)cc1. The first-order valence-corrected chi connectivity index (χ1v) is 9.35. The molecule has 27 heavy (non-hydrogen) atoms. The lowest BCUT2D eigenvalue weighted by Crippen LogP contribution is -2.22. The number of hydrogen-bond donors (Lipinski definition) is 1. The minimum absolute atomic E-state index is 0.00997. The van der Waals surface area contributed by atoms with E-state index in [0.717, 1.165) is 21.2 Å². The zero-order valence-electron chi connectivity index (χ0n) is 15.1. The molecule has 0 aliphatic rings. The summed E-state index contributed by atoms with van der Waals surface area (Å²) in [5.74, 6) is -0.00997. The maximum Gasteiger partial charge on any atom is 0.266 e. The minimum atomic E-state index is -0.209. The third kappa shape index (κ3) is 4.34. The highest BCUT2D eigenvalue weighted by Crippen LogP contribution is 2.32. The molecule has 0 saturated heterocycles. The first-order chi connectivity index (χ1) is 13.0. The van der Waals surface area contributed by atoms with Gasteiger partial charge in [0.05, 0.1) is 0 Å². The molecule has 0 radical (unpaired) electrons. The Morgan fingerprint density at radius 1 is 1.15 bits per heavy atom. The number of hydrogen-bond acceptors (Lipinski definition) is 4. The summed E-state index contributed by atoms with van der Waals surface area (Å²) in [4.78, 5) is 11.6. The average Bonchev–Trinajstić information content (AvgIpc) is 2.67. The topological polar surface area (TPSA) is 67.5 Å². The van der Waals surface area contributed by atoms with E-state index >= 15 is 0 Å². The molecule has 1 heterocycles. The number of aryl methyl sites for hydroxylation is 2. The first kappa shape index (κ1) is 19.0. The van der Waals surface area contributed by atoms with Gasteiger partial charge < -0.3 is 5.21 Å². The van der Waals surface area contributed by atoms with Crippen molar-refractivity contribution in [1.29, 1.82) is 0 Å². The summed E-state index contributed by atoms with van der Waals surface area (Å²) in [5, 5.41) is 17.4. The average molecular weight is 426 g/mol. The van der Waals surface area contributed by atoms with Crippen molar-refractivity contribution in [2.75, 3.05) is 0 Å². The summed E-state index contributed by atoms with van der Waals surface area (Å²) in [7, 11) is 1.58. The summed E-state index contributed by atoms with van der Waals surface area (Å²) in [6.45, 7) is 2.07. The van der Waals surface area contributed by atoms with E-state index in [1.54, 1.807) is 13.1 Å². The molecular weight excluding hydrogens is 406 g/mol. The Kier molecular flexibility index (Phi) is 5.86. The molecule has 1 unspecified atom stereocenters. The zero-order chi connectivity index (χ0) is 19.4. The summed E-state index contributed by atoms with van der Waals surface area (Å²) < 4.78 is 2.24. The Morgan fingerprint density at radius 2 is 1.85 bits per heavy atom. The molecule has 0 spiro atoms. The third-order valence-electron chi connectivity index (χ3n) is 4.61. The van der Waals surface area contributed by atoms with Gasteiger partial charge in [0.15, 0.2) is 0 Å². The summed E-state index contributed by atoms with van der Waals surface area (Å²) in [5.41, 5.74) is 4.14. The smallest absolute Gasteiger partial charge is 0.266 e. The molecule has 3 rings (SSSR count). The van der Waals surface area contributed by atoms with Crippen LogP contribution in [0.15, 0.2) is 75.1 Å². The molecule has 0 fully saturated rings. The number of halogens is 1. The molecule has 0 saturated carbocycles. The second-order valence-electron chi connectivity index (χ2n) is 6.39. The van der Waals surface area contributed by atoms with Crippen LogP contribution in [0, 0.1) is 6.92 Å². The van der Waals surface area contributed by atoms with Crippen molar-refractivity contribution in [3.05, 3.63) is 97.9 Å². The van der Waals surface area contributed by atoms with Crippen LogP contribution in [0.4, 0.5) is 0 Å². The van der Waals surface area contributed by atoms with Crippen LogP contribution in [-0.4, -0.2) is 20.7 Å². The van der Waals surface area contributed by atoms with Crippen molar-refractivity contribution in [3.8, 4) is 0 Å². The largest absolute Gasteiger partial charge is 0.411 e. The van der Waals surface area contributed by atoms with Crippen LogP contribution in [-0.2, 0) is 7.05 Å². The van der Waals surface area contributed by atoms with Crippen LogP contribution < -0.4 is 5.56 Å². The number of oxime groups is 1. The molecule has 3 aromatic rings. The summed E-state index contributed by atoms with van der Waals surface area (Å²) in [6, 6.07) is 19.3. The molecule has 0 aliphatic carbocycles. The van der Waals surface area contributed by atoms with Gasteiger partial charge in [-0.1, -0.05) is 57.5 Å². The molecule has 0 aliphatic heterocycles. The van der Waals surface area contributed by atoms with Crippen molar-refractivity contribution in [2.24, 2.45) is 12.2 Å². The normalized spacial score (nSPS) is 12.8. The number of rotatable bonds is 5. The Balaban J connectivity index is 2.04.